The van der Waals surface area contributed by atoms with Gasteiger partial charge in [0.2, 0.25) is 5.91 Å². The van der Waals surface area contributed by atoms with Crippen LogP contribution in [0.4, 0.5) is 0 Å². The van der Waals surface area contributed by atoms with Gasteiger partial charge in [-0.1, -0.05) is 13.8 Å². The van der Waals surface area contributed by atoms with Gasteiger partial charge in [-0.2, -0.15) is 0 Å². The van der Waals surface area contributed by atoms with Crippen LogP contribution in [0.3, 0.4) is 0 Å². The lowest BCUT2D eigenvalue weighted by Gasteiger charge is -2.15. The average molecular weight is 218 g/mol. The largest absolute Gasteiger partial charge is 0.382 e. The molecule has 0 unspecified atom stereocenters. The second kappa shape index (κ2) is 8.64. The van der Waals surface area contributed by atoms with Gasteiger partial charge in [-0.25, -0.2) is 0 Å². The zero-order chi connectivity index (χ0) is 11.7. The molecular formula is C10H22N2O3. The van der Waals surface area contributed by atoms with Crippen LogP contribution in [-0.2, 0) is 14.3 Å². The van der Waals surface area contributed by atoms with E-state index in [4.69, 9.17) is 15.2 Å². The number of methoxy groups -OCH3 is 1. The number of ether oxygens (including phenoxy) is 2. The molecule has 0 aliphatic heterocycles. The van der Waals surface area contributed by atoms with Gasteiger partial charge in [0, 0.05) is 13.7 Å². The summed E-state index contributed by atoms with van der Waals surface area (Å²) in [5.41, 5.74) is 5.65. The minimum atomic E-state index is -0.441. The molecule has 0 aliphatic rings. The summed E-state index contributed by atoms with van der Waals surface area (Å²) in [5, 5.41) is 2.71. The van der Waals surface area contributed by atoms with Gasteiger partial charge in [0.25, 0.3) is 0 Å². The maximum atomic E-state index is 11.4. The molecule has 0 bridgehead atoms. The molecule has 3 N–H and O–H groups in total. The van der Waals surface area contributed by atoms with Crippen LogP contribution >= 0.6 is 0 Å². The van der Waals surface area contributed by atoms with Crippen molar-refractivity contribution in [1.29, 1.82) is 0 Å². The highest BCUT2D eigenvalue weighted by molar-refractivity contribution is 5.81. The van der Waals surface area contributed by atoms with Gasteiger partial charge in [0.05, 0.1) is 25.9 Å². The Balaban J connectivity index is 3.39. The molecule has 0 aromatic heterocycles. The number of hydrogen-bond acceptors (Lipinski definition) is 4. The van der Waals surface area contributed by atoms with Crippen molar-refractivity contribution in [3.63, 3.8) is 0 Å². The molecule has 1 amide bonds. The van der Waals surface area contributed by atoms with Crippen molar-refractivity contribution in [3.05, 3.63) is 0 Å². The summed E-state index contributed by atoms with van der Waals surface area (Å²) in [6.07, 6.45) is 0. The van der Waals surface area contributed by atoms with E-state index in [0.29, 0.717) is 26.4 Å². The molecular weight excluding hydrogens is 196 g/mol. The topological polar surface area (TPSA) is 73.6 Å². The molecule has 5 heteroatoms. The minimum Gasteiger partial charge on any atom is -0.382 e. The molecule has 15 heavy (non-hydrogen) atoms. The van der Waals surface area contributed by atoms with Crippen molar-refractivity contribution >= 4 is 5.91 Å². The number of amides is 1. The van der Waals surface area contributed by atoms with Gasteiger partial charge in [-0.3, -0.25) is 4.79 Å². The normalized spacial score (nSPS) is 12.9. The molecule has 0 fully saturated rings. The molecule has 0 rings (SSSR count). The van der Waals surface area contributed by atoms with Gasteiger partial charge in [-0.05, 0) is 5.92 Å². The maximum absolute atomic E-state index is 11.4. The molecule has 0 radical (unpaired) electrons. The Morgan fingerprint density at radius 2 is 2.00 bits per heavy atom. The predicted molar refractivity (Wildman–Crippen MR) is 58.5 cm³/mol. The number of nitrogens with one attached hydrogen (secondary N) is 1. The van der Waals surface area contributed by atoms with Gasteiger partial charge in [0.15, 0.2) is 0 Å². The second-order valence-electron chi connectivity index (χ2n) is 3.67. The summed E-state index contributed by atoms with van der Waals surface area (Å²) in [4.78, 5) is 11.4. The summed E-state index contributed by atoms with van der Waals surface area (Å²) in [6, 6.07) is -0.441. The van der Waals surface area contributed by atoms with Crippen molar-refractivity contribution < 1.29 is 14.3 Å². The van der Waals surface area contributed by atoms with E-state index in [1.165, 1.54) is 0 Å². The van der Waals surface area contributed by atoms with Crippen LogP contribution < -0.4 is 11.1 Å². The zero-order valence-corrected chi connectivity index (χ0v) is 9.79. The number of carbonyl (C=O) groups excluding carboxylic acids is 1. The number of hydrogen-bond donors (Lipinski definition) is 2. The van der Waals surface area contributed by atoms with E-state index >= 15 is 0 Å². The Morgan fingerprint density at radius 3 is 2.53 bits per heavy atom. The van der Waals surface area contributed by atoms with E-state index in [1.54, 1.807) is 7.11 Å². The summed E-state index contributed by atoms with van der Waals surface area (Å²) >= 11 is 0. The monoisotopic (exact) mass is 218 g/mol. The minimum absolute atomic E-state index is 0.125. The first-order chi connectivity index (χ1) is 7.09. The standard InChI is InChI=1S/C10H22N2O3/c1-8(2)9(11)10(13)12-4-5-15-7-6-14-3/h8-9H,4-7,11H2,1-3H3,(H,12,13)/t9-/m1/s1. The molecule has 0 aromatic carbocycles. The highest BCUT2D eigenvalue weighted by Crippen LogP contribution is 1.97. The molecule has 0 aliphatic carbocycles. The summed E-state index contributed by atoms with van der Waals surface area (Å²) in [7, 11) is 1.62. The van der Waals surface area contributed by atoms with Gasteiger partial charge < -0.3 is 20.5 Å². The lowest BCUT2D eigenvalue weighted by Crippen LogP contribution is -2.44. The first kappa shape index (κ1) is 14.3. The van der Waals surface area contributed by atoms with E-state index < -0.39 is 6.04 Å². The molecule has 1 atom stereocenters. The molecule has 0 spiro atoms. The number of carbonyl (C=O) groups is 1. The van der Waals surface area contributed by atoms with Crippen molar-refractivity contribution in [2.75, 3.05) is 33.5 Å². The van der Waals surface area contributed by atoms with Gasteiger partial charge in [0.1, 0.15) is 0 Å². The van der Waals surface area contributed by atoms with Crippen molar-refractivity contribution in [1.82, 2.24) is 5.32 Å². The van der Waals surface area contributed by atoms with E-state index in [9.17, 15) is 4.79 Å². The Bertz CT molecular complexity index is 174. The third kappa shape index (κ3) is 7.30. The Labute approximate surface area is 91.3 Å². The van der Waals surface area contributed by atoms with E-state index in [2.05, 4.69) is 5.32 Å². The summed E-state index contributed by atoms with van der Waals surface area (Å²) in [6.45, 7) is 5.92. The van der Waals surface area contributed by atoms with E-state index in [0.717, 1.165) is 0 Å². The van der Waals surface area contributed by atoms with Crippen LogP contribution in [0, 0.1) is 5.92 Å². The second-order valence-corrected chi connectivity index (χ2v) is 3.67. The summed E-state index contributed by atoms with van der Waals surface area (Å²) < 4.78 is 9.99. The van der Waals surface area contributed by atoms with Crippen molar-refractivity contribution in [3.8, 4) is 0 Å². The highest BCUT2D eigenvalue weighted by Gasteiger charge is 2.15. The first-order valence-corrected chi connectivity index (χ1v) is 5.19. The Kier molecular flexibility index (Phi) is 8.27. The Hall–Kier alpha value is -0.650. The first-order valence-electron chi connectivity index (χ1n) is 5.19. The lowest BCUT2D eigenvalue weighted by atomic mass is 10.1. The molecule has 0 aromatic rings. The van der Waals surface area contributed by atoms with Crippen LogP contribution in [-0.4, -0.2) is 45.4 Å². The quantitative estimate of drug-likeness (QED) is 0.551. The van der Waals surface area contributed by atoms with Crippen molar-refractivity contribution in [2.24, 2.45) is 11.7 Å². The molecule has 5 nitrogen and oxygen atoms in total. The maximum Gasteiger partial charge on any atom is 0.237 e. The molecule has 0 saturated heterocycles. The lowest BCUT2D eigenvalue weighted by molar-refractivity contribution is -0.123. The fourth-order valence-electron chi connectivity index (χ4n) is 0.911. The van der Waals surface area contributed by atoms with Crippen LogP contribution in [0.25, 0.3) is 0 Å². The van der Waals surface area contributed by atoms with Crippen molar-refractivity contribution in [2.45, 2.75) is 19.9 Å². The Morgan fingerprint density at radius 1 is 1.33 bits per heavy atom. The van der Waals surface area contributed by atoms with Crippen LogP contribution in [0.1, 0.15) is 13.8 Å². The molecule has 0 saturated carbocycles. The fourth-order valence-corrected chi connectivity index (χ4v) is 0.911. The van der Waals surface area contributed by atoms with Gasteiger partial charge in [-0.15, -0.1) is 0 Å². The number of rotatable bonds is 8. The SMILES string of the molecule is COCCOCCNC(=O)[C@H](N)C(C)C. The predicted octanol–water partition coefficient (Wildman–Crippen LogP) is -0.251. The fraction of sp³-hybridized carbons (Fsp3) is 0.900. The molecule has 90 valence electrons. The van der Waals surface area contributed by atoms with Crippen LogP contribution in [0.15, 0.2) is 0 Å². The van der Waals surface area contributed by atoms with Crippen LogP contribution in [0.2, 0.25) is 0 Å². The van der Waals surface area contributed by atoms with Gasteiger partial charge >= 0.3 is 0 Å². The van der Waals surface area contributed by atoms with E-state index in [1.807, 2.05) is 13.8 Å². The number of nitrogens with two attached hydrogens (primary N) is 1. The molecule has 0 heterocycles. The smallest absolute Gasteiger partial charge is 0.237 e. The van der Waals surface area contributed by atoms with Crippen LogP contribution in [0.5, 0.6) is 0 Å². The van der Waals surface area contributed by atoms with E-state index in [-0.39, 0.29) is 11.8 Å². The average Bonchev–Trinajstić information content (AvgIpc) is 2.21. The summed E-state index contributed by atoms with van der Waals surface area (Å²) in [5.74, 6) is 0.0275. The third-order valence-corrected chi connectivity index (χ3v) is 2.00. The zero-order valence-electron chi connectivity index (χ0n) is 9.79. The third-order valence-electron chi connectivity index (χ3n) is 2.00. The highest BCUT2D eigenvalue weighted by atomic mass is 16.5.